The molecule has 1 aliphatic heterocycles. The zero-order valence-electron chi connectivity index (χ0n) is 10.4. The number of halogens is 2. The van der Waals surface area contributed by atoms with Crippen LogP contribution in [0.15, 0.2) is 12.4 Å². The highest BCUT2D eigenvalue weighted by Gasteiger charge is 2.38. The van der Waals surface area contributed by atoms with Crippen LogP contribution in [-0.4, -0.2) is 26.9 Å². The fourth-order valence-corrected chi connectivity index (χ4v) is 2.78. The normalized spacial score (nSPS) is 27.2. The Bertz CT molecular complexity index is 617. The lowest BCUT2D eigenvalue weighted by atomic mass is 10.1. The number of alkyl halides is 1. The van der Waals surface area contributed by atoms with E-state index in [1.54, 1.807) is 6.07 Å². The van der Waals surface area contributed by atoms with Crippen molar-refractivity contribution in [3.05, 3.63) is 23.1 Å². The van der Waals surface area contributed by atoms with Crippen LogP contribution in [0, 0.1) is 0 Å². The van der Waals surface area contributed by atoms with Crippen LogP contribution in [0.1, 0.15) is 31.6 Å². The average Bonchev–Trinajstić information content (AvgIpc) is 2.91. The summed E-state index contributed by atoms with van der Waals surface area (Å²) in [6.07, 6.45) is 0.720. The highest BCUT2D eigenvalue weighted by atomic mass is 35.5. The Morgan fingerprint density at radius 2 is 2.42 bits per heavy atom. The van der Waals surface area contributed by atoms with Crippen LogP contribution in [0.2, 0.25) is 5.02 Å². The summed E-state index contributed by atoms with van der Waals surface area (Å²) in [5.41, 5.74) is 6.84. The first-order valence-corrected chi connectivity index (χ1v) is 6.56. The molecule has 2 aromatic rings. The van der Waals surface area contributed by atoms with Crippen LogP contribution in [0.3, 0.4) is 0 Å². The summed E-state index contributed by atoms with van der Waals surface area (Å²) >= 11 is 6.12. The van der Waals surface area contributed by atoms with Gasteiger partial charge >= 0.3 is 0 Å². The Labute approximate surface area is 114 Å². The number of hydrogen-bond donors (Lipinski definition) is 1. The van der Waals surface area contributed by atoms with E-state index < -0.39 is 12.3 Å². The van der Waals surface area contributed by atoms with Gasteiger partial charge < -0.3 is 10.5 Å². The molecule has 102 valence electrons. The maximum Gasteiger partial charge on any atom is 0.152 e. The number of aromatic nitrogens is 3. The first kappa shape index (κ1) is 12.6. The van der Waals surface area contributed by atoms with E-state index >= 15 is 0 Å². The maximum atomic E-state index is 14.1. The molecule has 3 unspecified atom stereocenters. The van der Waals surface area contributed by atoms with Crippen molar-refractivity contribution >= 4 is 22.9 Å². The SMILES string of the molecule is CCC1CC(F)C(c2cc(Cl)c3c(N)ncnn23)O1. The topological polar surface area (TPSA) is 65.4 Å². The molecule has 0 amide bonds. The van der Waals surface area contributed by atoms with Crippen molar-refractivity contribution in [3.63, 3.8) is 0 Å². The van der Waals surface area contributed by atoms with Crippen molar-refractivity contribution in [2.45, 2.75) is 38.1 Å². The highest BCUT2D eigenvalue weighted by molar-refractivity contribution is 6.34. The van der Waals surface area contributed by atoms with Gasteiger partial charge in [-0.25, -0.2) is 13.9 Å². The van der Waals surface area contributed by atoms with Crippen LogP contribution in [0.5, 0.6) is 0 Å². The van der Waals surface area contributed by atoms with Gasteiger partial charge in [0.1, 0.15) is 24.1 Å². The summed E-state index contributed by atoms with van der Waals surface area (Å²) in [6, 6.07) is 1.65. The number of ether oxygens (including phenoxy) is 1. The van der Waals surface area contributed by atoms with Crippen molar-refractivity contribution < 1.29 is 9.13 Å². The minimum Gasteiger partial charge on any atom is -0.382 e. The third-order valence-electron chi connectivity index (χ3n) is 3.47. The predicted molar refractivity (Wildman–Crippen MR) is 69.8 cm³/mol. The van der Waals surface area contributed by atoms with Crippen LogP contribution in [0.25, 0.3) is 5.52 Å². The standard InChI is InChI=1S/C12H14ClFN4O/c1-2-6-3-8(14)11(19-6)9-4-7(13)10-12(15)16-5-17-18(9)10/h4-6,8,11H,2-3H2,1H3,(H2,15,16,17). The van der Waals surface area contributed by atoms with Crippen LogP contribution >= 0.6 is 11.6 Å². The molecule has 0 spiro atoms. The Morgan fingerprint density at radius 1 is 1.63 bits per heavy atom. The van der Waals surface area contributed by atoms with E-state index in [1.807, 2.05) is 6.92 Å². The molecule has 3 rings (SSSR count). The van der Waals surface area contributed by atoms with Gasteiger partial charge in [0.15, 0.2) is 5.82 Å². The average molecular weight is 285 g/mol. The van der Waals surface area contributed by atoms with Gasteiger partial charge in [-0.2, -0.15) is 5.10 Å². The van der Waals surface area contributed by atoms with E-state index in [9.17, 15) is 4.39 Å². The molecule has 5 nitrogen and oxygen atoms in total. The summed E-state index contributed by atoms with van der Waals surface area (Å²) < 4.78 is 21.3. The first-order chi connectivity index (χ1) is 9.11. The fourth-order valence-electron chi connectivity index (χ4n) is 2.49. The molecular weight excluding hydrogens is 271 g/mol. The van der Waals surface area contributed by atoms with Crippen molar-refractivity contribution in [3.8, 4) is 0 Å². The molecule has 3 atom stereocenters. The lowest BCUT2D eigenvalue weighted by Gasteiger charge is -2.13. The molecule has 1 saturated heterocycles. The van der Waals surface area contributed by atoms with Crippen molar-refractivity contribution in [1.82, 2.24) is 14.6 Å². The number of fused-ring (bicyclic) bond motifs is 1. The third-order valence-corrected chi connectivity index (χ3v) is 3.75. The second kappa shape index (κ2) is 4.61. The quantitative estimate of drug-likeness (QED) is 0.920. The minimum atomic E-state index is -1.06. The van der Waals surface area contributed by atoms with Gasteiger partial charge in [-0.3, -0.25) is 0 Å². The fraction of sp³-hybridized carbons (Fsp3) is 0.500. The van der Waals surface area contributed by atoms with Crippen LogP contribution in [-0.2, 0) is 4.74 Å². The zero-order chi connectivity index (χ0) is 13.6. The second-order valence-corrected chi connectivity index (χ2v) is 5.07. The molecule has 0 radical (unpaired) electrons. The summed E-state index contributed by atoms with van der Waals surface area (Å²) in [4.78, 5) is 3.89. The van der Waals surface area contributed by atoms with E-state index in [0.717, 1.165) is 6.42 Å². The molecule has 0 aliphatic carbocycles. The second-order valence-electron chi connectivity index (χ2n) is 4.66. The summed E-state index contributed by atoms with van der Waals surface area (Å²) in [6.45, 7) is 1.98. The van der Waals surface area contributed by atoms with E-state index in [-0.39, 0.29) is 11.9 Å². The monoisotopic (exact) mass is 284 g/mol. The van der Waals surface area contributed by atoms with E-state index in [2.05, 4.69) is 10.1 Å². The largest absolute Gasteiger partial charge is 0.382 e. The van der Waals surface area contributed by atoms with Gasteiger partial charge in [-0.1, -0.05) is 18.5 Å². The van der Waals surface area contributed by atoms with E-state index in [1.165, 1.54) is 10.8 Å². The van der Waals surface area contributed by atoms with E-state index in [0.29, 0.717) is 22.7 Å². The zero-order valence-corrected chi connectivity index (χ0v) is 11.1. The summed E-state index contributed by atoms with van der Waals surface area (Å²) in [7, 11) is 0. The molecular formula is C12H14ClFN4O. The number of hydrogen-bond acceptors (Lipinski definition) is 4. The maximum absolute atomic E-state index is 14.1. The van der Waals surface area contributed by atoms with Gasteiger partial charge in [0.05, 0.1) is 16.8 Å². The predicted octanol–water partition coefficient (Wildman–Crippen LogP) is 2.54. The smallest absolute Gasteiger partial charge is 0.152 e. The van der Waals surface area contributed by atoms with Crippen LogP contribution in [0.4, 0.5) is 10.2 Å². The molecule has 7 heteroatoms. The molecule has 0 saturated carbocycles. The molecule has 1 fully saturated rings. The molecule has 2 aromatic heterocycles. The Morgan fingerprint density at radius 3 is 3.11 bits per heavy atom. The van der Waals surface area contributed by atoms with Gasteiger partial charge in [0, 0.05) is 6.42 Å². The molecule has 3 heterocycles. The molecule has 0 aromatic carbocycles. The van der Waals surface area contributed by atoms with Gasteiger partial charge in [-0.15, -0.1) is 0 Å². The van der Waals surface area contributed by atoms with Crippen molar-refractivity contribution in [2.24, 2.45) is 0 Å². The highest BCUT2D eigenvalue weighted by Crippen LogP contribution is 2.39. The van der Waals surface area contributed by atoms with Gasteiger partial charge in [0.2, 0.25) is 0 Å². The number of anilines is 1. The first-order valence-electron chi connectivity index (χ1n) is 6.19. The van der Waals surface area contributed by atoms with Crippen LogP contribution < -0.4 is 5.73 Å². The van der Waals surface area contributed by atoms with Gasteiger partial charge in [-0.05, 0) is 12.5 Å². The number of nitrogen functional groups attached to an aromatic ring is 1. The molecule has 19 heavy (non-hydrogen) atoms. The number of nitrogens with zero attached hydrogens (tertiary/aromatic N) is 3. The Kier molecular flexibility index (Phi) is 3.06. The third kappa shape index (κ3) is 1.95. The molecule has 2 N–H and O–H groups in total. The minimum absolute atomic E-state index is 0.0662. The summed E-state index contributed by atoms with van der Waals surface area (Å²) in [5, 5.41) is 4.49. The van der Waals surface area contributed by atoms with E-state index in [4.69, 9.17) is 22.1 Å². The van der Waals surface area contributed by atoms with Crippen molar-refractivity contribution in [2.75, 3.05) is 5.73 Å². The number of nitrogens with two attached hydrogens (primary N) is 1. The summed E-state index contributed by atoms with van der Waals surface area (Å²) in [5.74, 6) is 0.270. The molecule has 0 bridgehead atoms. The molecule has 1 aliphatic rings. The Hall–Kier alpha value is -1.40. The number of rotatable bonds is 2. The lowest BCUT2D eigenvalue weighted by molar-refractivity contribution is 0.0228. The lowest BCUT2D eigenvalue weighted by Crippen LogP contribution is -2.12. The van der Waals surface area contributed by atoms with Gasteiger partial charge in [0.25, 0.3) is 0 Å². The Balaban J connectivity index is 2.09. The van der Waals surface area contributed by atoms with Crippen molar-refractivity contribution in [1.29, 1.82) is 0 Å².